The van der Waals surface area contributed by atoms with Gasteiger partial charge >= 0.3 is 5.97 Å². The van der Waals surface area contributed by atoms with Crippen LogP contribution in [0.4, 0.5) is 0 Å². The van der Waals surface area contributed by atoms with Gasteiger partial charge in [-0.05, 0) is 22.4 Å². The molecule has 0 aromatic heterocycles. The molecule has 0 fully saturated rings. The normalized spacial score (nSPS) is 10.7. The van der Waals surface area contributed by atoms with Crippen molar-refractivity contribution in [1.82, 2.24) is 0 Å². The van der Waals surface area contributed by atoms with Gasteiger partial charge in [0.1, 0.15) is 0 Å². The van der Waals surface area contributed by atoms with Crippen LogP contribution >= 0.6 is 0 Å². The van der Waals surface area contributed by atoms with E-state index in [4.69, 9.17) is 0 Å². The fourth-order valence-corrected chi connectivity index (χ4v) is 1.73. The van der Waals surface area contributed by atoms with Gasteiger partial charge < -0.3 is 4.74 Å². The molecule has 0 aliphatic heterocycles. The molecule has 90 valence electrons. The van der Waals surface area contributed by atoms with E-state index in [-0.39, 0.29) is 0 Å². The summed E-state index contributed by atoms with van der Waals surface area (Å²) >= 11 is 0. The number of carbonyl (C=O) groups excluding carboxylic acids is 2. The van der Waals surface area contributed by atoms with Gasteiger partial charge in [-0.3, -0.25) is 4.79 Å². The molecule has 18 heavy (non-hydrogen) atoms. The highest BCUT2D eigenvalue weighted by Crippen LogP contribution is 2.19. The molecule has 2 aromatic carbocycles. The van der Waals surface area contributed by atoms with Crippen LogP contribution < -0.4 is 0 Å². The van der Waals surface area contributed by atoms with Crippen molar-refractivity contribution in [2.24, 2.45) is 0 Å². The highest BCUT2D eigenvalue weighted by atomic mass is 16.5. The number of rotatable bonds is 3. The molecule has 2 rings (SSSR count). The van der Waals surface area contributed by atoms with Gasteiger partial charge in [0.2, 0.25) is 0 Å². The molecule has 0 radical (unpaired) electrons. The van der Waals surface area contributed by atoms with Gasteiger partial charge in [0.15, 0.2) is 0 Å². The number of carbonyl (C=O) groups is 2. The first-order valence-corrected chi connectivity index (χ1v) is 5.50. The maximum atomic E-state index is 11.3. The molecule has 0 bridgehead atoms. The topological polar surface area (TPSA) is 43.4 Å². The van der Waals surface area contributed by atoms with Crippen LogP contribution in [0.25, 0.3) is 16.8 Å². The summed E-state index contributed by atoms with van der Waals surface area (Å²) in [7, 11) is 1.19. The van der Waals surface area contributed by atoms with E-state index in [1.54, 1.807) is 6.08 Å². The molecule has 0 saturated carbocycles. The van der Waals surface area contributed by atoms with Crippen molar-refractivity contribution in [3.05, 3.63) is 54.1 Å². The largest absolute Gasteiger partial charge is 0.463 e. The minimum Gasteiger partial charge on any atom is -0.463 e. The van der Waals surface area contributed by atoms with E-state index in [9.17, 15) is 9.59 Å². The van der Waals surface area contributed by atoms with E-state index in [2.05, 4.69) is 4.74 Å². The molecule has 0 aliphatic rings. The molecule has 3 heteroatoms. The van der Waals surface area contributed by atoms with Gasteiger partial charge in [-0.15, -0.1) is 0 Å². The highest BCUT2D eigenvalue weighted by Gasteiger charge is 2.09. The number of benzene rings is 2. The van der Waals surface area contributed by atoms with Crippen molar-refractivity contribution in [3.63, 3.8) is 0 Å². The predicted octanol–water partition coefficient (Wildman–Crippen LogP) is 2.60. The molecular weight excluding hydrogens is 228 g/mol. The third kappa shape index (κ3) is 2.46. The van der Waals surface area contributed by atoms with Crippen LogP contribution in [0.15, 0.2) is 48.5 Å². The molecular formula is C15H12O3. The van der Waals surface area contributed by atoms with Crippen molar-refractivity contribution in [3.8, 4) is 0 Å². The van der Waals surface area contributed by atoms with Gasteiger partial charge in [-0.2, -0.15) is 0 Å². The number of fused-ring (bicyclic) bond motifs is 1. The van der Waals surface area contributed by atoms with Crippen LogP contribution in [0, 0.1) is 0 Å². The Labute approximate surface area is 105 Å². The molecule has 0 spiro atoms. The quantitative estimate of drug-likeness (QED) is 0.470. The van der Waals surface area contributed by atoms with Crippen molar-refractivity contribution in [2.45, 2.75) is 0 Å². The Kier molecular flexibility index (Phi) is 3.53. The maximum Gasteiger partial charge on any atom is 0.378 e. The first kappa shape index (κ1) is 12.0. The Balaban J connectivity index is 2.35. The highest BCUT2D eigenvalue weighted by molar-refractivity contribution is 6.39. The zero-order valence-corrected chi connectivity index (χ0v) is 9.92. The Bertz CT molecular complexity index is 621. The third-order valence-corrected chi connectivity index (χ3v) is 2.62. The van der Waals surface area contributed by atoms with Crippen LogP contribution in [-0.2, 0) is 14.3 Å². The molecule has 0 heterocycles. The summed E-state index contributed by atoms with van der Waals surface area (Å²) in [5.74, 6) is -1.52. The lowest BCUT2D eigenvalue weighted by Crippen LogP contribution is -2.12. The predicted molar refractivity (Wildman–Crippen MR) is 70.0 cm³/mol. The van der Waals surface area contributed by atoms with Crippen molar-refractivity contribution < 1.29 is 14.3 Å². The molecule has 0 atom stereocenters. The van der Waals surface area contributed by atoms with E-state index >= 15 is 0 Å². The number of methoxy groups -OCH3 is 1. The summed E-state index contributed by atoms with van der Waals surface area (Å²) in [5, 5.41) is 2.12. The van der Waals surface area contributed by atoms with Gasteiger partial charge in [-0.1, -0.05) is 48.5 Å². The minimum absolute atomic E-state index is 0.662. The zero-order chi connectivity index (χ0) is 13.0. The Morgan fingerprint density at radius 1 is 1.06 bits per heavy atom. The van der Waals surface area contributed by atoms with Crippen LogP contribution in [0.5, 0.6) is 0 Å². The van der Waals surface area contributed by atoms with Crippen molar-refractivity contribution in [2.75, 3.05) is 7.11 Å². The second kappa shape index (κ2) is 5.27. The van der Waals surface area contributed by atoms with Gasteiger partial charge in [0.05, 0.1) is 7.11 Å². The van der Waals surface area contributed by atoms with Crippen LogP contribution in [0.1, 0.15) is 5.56 Å². The third-order valence-electron chi connectivity index (χ3n) is 2.62. The fourth-order valence-electron chi connectivity index (χ4n) is 1.73. The molecule has 3 nitrogen and oxygen atoms in total. The smallest absolute Gasteiger partial charge is 0.378 e. The Morgan fingerprint density at radius 2 is 1.78 bits per heavy atom. The molecule has 0 amide bonds. The minimum atomic E-state index is -0.855. The summed E-state index contributed by atoms with van der Waals surface area (Å²) in [4.78, 5) is 22.3. The second-order valence-corrected chi connectivity index (χ2v) is 3.76. The van der Waals surface area contributed by atoms with E-state index in [0.717, 1.165) is 16.3 Å². The Hall–Kier alpha value is -2.42. The maximum absolute atomic E-state index is 11.3. The van der Waals surface area contributed by atoms with E-state index < -0.39 is 11.8 Å². The monoisotopic (exact) mass is 240 g/mol. The first-order valence-electron chi connectivity index (χ1n) is 5.50. The first-order chi connectivity index (χ1) is 8.72. The second-order valence-electron chi connectivity index (χ2n) is 3.76. The Morgan fingerprint density at radius 3 is 2.56 bits per heavy atom. The van der Waals surface area contributed by atoms with Crippen LogP contribution in [0.2, 0.25) is 0 Å². The average Bonchev–Trinajstić information content (AvgIpc) is 2.43. The van der Waals surface area contributed by atoms with E-state index in [1.165, 1.54) is 13.2 Å². The van der Waals surface area contributed by atoms with Crippen molar-refractivity contribution in [1.29, 1.82) is 0 Å². The lowest BCUT2D eigenvalue weighted by molar-refractivity contribution is -0.149. The summed E-state index contributed by atoms with van der Waals surface area (Å²) in [5.41, 5.74) is 0.894. The summed E-state index contributed by atoms with van der Waals surface area (Å²) < 4.78 is 4.35. The lowest BCUT2D eigenvalue weighted by Gasteiger charge is -2.01. The SMILES string of the molecule is COC(=O)C(=O)/C=C/c1cccc2ccccc12. The number of hydrogen-bond donors (Lipinski definition) is 0. The van der Waals surface area contributed by atoms with Gasteiger partial charge in [0.25, 0.3) is 5.78 Å². The number of ether oxygens (including phenoxy) is 1. The fraction of sp³-hybridized carbons (Fsp3) is 0.0667. The van der Waals surface area contributed by atoms with Crippen LogP contribution in [0.3, 0.4) is 0 Å². The average molecular weight is 240 g/mol. The number of ketones is 1. The lowest BCUT2D eigenvalue weighted by atomic mass is 10.0. The van der Waals surface area contributed by atoms with E-state index in [0.29, 0.717) is 0 Å². The molecule has 0 unspecified atom stereocenters. The summed E-state index contributed by atoms with van der Waals surface area (Å²) in [6.07, 6.45) is 2.86. The molecule has 0 N–H and O–H groups in total. The van der Waals surface area contributed by atoms with E-state index in [1.807, 2.05) is 42.5 Å². The van der Waals surface area contributed by atoms with Gasteiger partial charge in [0, 0.05) is 0 Å². The number of hydrogen-bond acceptors (Lipinski definition) is 3. The van der Waals surface area contributed by atoms with Gasteiger partial charge in [-0.25, -0.2) is 4.79 Å². The zero-order valence-electron chi connectivity index (χ0n) is 9.92. The standard InChI is InChI=1S/C15H12O3/c1-18-15(17)14(16)10-9-12-7-4-6-11-5-2-3-8-13(11)12/h2-10H,1H3/b10-9+. The summed E-state index contributed by atoms with van der Waals surface area (Å²) in [6, 6.07) is 13.6. The summed E-state index contributed by atoms with van der Waals surface area (Å²) in [6.45, 7) is 0. The molecule has 0 saturated heterocycles. The number of esters is 1. The molecule has 2 aromatic rings. The van der Waals surface area contributed by atoms with Crippen molar-refractivity contribution >= 4 is 28.6 Å². The molecule has 0 aliphatic carbocycles. The van der Waals surface area contributed by atoms with Crippen LogP contribution in [-0.4, -0.2) is 18.9 Å².